The molecule has 134 valence electrons. The average molecular weight is 335 g/mol. The molecule has 6 nitrogen and oxygen atoms in total. The first-order valence-electron chi connectivity index (χ1n) is 9.18. The predicted molar refractivity (Wildman–Crippen MR) is 91.3 cm³/mol. The highest BCUT2D eigenvalue weighted by Crippen LogP contribution is 2.33. The molecule has 1 fully saturated rings. The molecule has 24 heavy (non-hydrogen) atoms. The van der Waals surface area contributed by atoms with Crippen LogP contribution in [0.4, 0.5) is 0 Å². The Kier molecular flexibility index (Phi) is 4.97. The van der Waals surface area contributed by atoms with Gasteiger partial charge in [-0.15, -0.1) is 0 Å². The van der Waals surface area contributed by atoms with Gasteiger partial charge in [-0.2, -0.15) is 5.10 Å². The van der Waals surface area contributed by atoms with Crippen LogP contribution < -0.4 is 0 Å². The number of aromatic nitrogens is 2. The number of aromatic carboxylic acids is 1. The lowest BCUT2D eigenvalue weighted by molar-refractivity contribution is 0.0258. The van der Waals surface area contributed by atoms with Gasteiger partial charge in [0, 0.05) is 30.4 Å². The molecule has 0 spiro atoms. The number of hydrogen-bond donors (Lipinski definition) is 2. The molecule has 1 heterocycles. The second kappa shape index (κ2) is 6.84. The van der Waals surface area contributed by atoms with Gasteiger partial charge in [-0.3, -0.25) is 4.68 Å². The van der Waals surface area contributed by atoms with Crippen molar-refractivity contribution in [3.63, 3.8) is 0 Å². The third-order valence-corrected chi connectivity index (χ3v) is 5.91. The quantitative estimate of drug-likeness (QED) is 0.832. The van der Waals surface area contributed by atoms with E-state index in [0.29, 0.717) is 12.6 Å². The summed E-state index contributed by atoms with van der Waals surface area (Å²) in [6.07, 6.45) is 7.55. The van der Waals surface area contributed by atoms with Crippen molar-refractivity contribution in [3.8, 4) is 0 Å². The van der Waals surface area contributed by atoms with Crippen LogP contribution >= 0.6 is 0 Å². The smallest absolute Gasteiger partial charge is 0.356 e. The van der Waals surface area contributed by atoms with E-state index in [1.807, 2.05) is 11.6 Å². The molecule has 1 saturated carbocycles. The topological polar surface area (TPSA) is 78.6 Å². The molecule has 0 aromatic carbocycles. The SMILES string of the molecule is CCn1nc(C(=O)O)c2c1CCC(N(C)CCC1(O)CCCC1)C2. The normalized spacial score (nSPS) is 22.8. The minimum atomic E-state index is -0.929. The van der Waals surface area contributed by atoms with Gasteiger partial charge in [0.15, 0.2) is 5.69 Å². The molecule has 1 aromatic rings. The summed E-state index contributed by atoms with van der Waals surface area (Å²) < 4.78 is 1.84. The molecule has 0 amide bonds. The maximum Gasteiger partial charge on any atom is 0.356 e. The molecule has 0 bridgehead atoms. The zero-order chi connectivity index (χ0) is 17.3. The maximum atomic E-state index is 11.5. The predicted octanol–water partition coefficient (Wildman–Crippen LogP) is 2.09. The van der Waals surface area contributed by atoms with Crippen molar-refractivity contribution >= 4 is 5.97 Å². The Morgan fingerprint density at radius 2 is 2.12 bits per heavy atom. The molecule has 0 saturated heterocycles. The summed E-state index contributed by atoms with van der Waals surface area (Å²) in [7, 11) is 2.10. The second-order valence-electron chi connectivity index (χ2n) is 7.45. The molecule has 1 atom stereocenters. The van der Waals surface area contributed by atoms with Gasteiger partial charge in [0.1, 0.15) is 0 Å². The van der Waals surface area contributed by atoms with E-state index in [4.69, 9.17) is 0 Å². The van der Waals surface area contributed by atoms with E-state index < -0.39 is 11.6 Å². The number of hydrogen-bond acceptors (Lipinski definition) is 4. The van der Waals surface area contributed by atoms with Gasteiger partial charge in [0.2, 0.25) is 0 Å². The summed E-state index contributed by atoms with van der Waals surface area (Å²) in [5.41, 5.74) is 1.74. The Morgan fingerprint density at radius 1 is 1.42 bits per heavy atom. The fourth-order valence-corrected chi connectivity index (χ4v) is 4.33. The Balaban J connectivity index is 1.67. The molecule has 1 unspecified atom stereocenters. The number of carboxylic acid groups (broad SMARTS) is 1. The number of carboxylic acids is 1. The Morgan fingerprint density at radius 3 is 2.75 bits per heavy atom. The van der Waals surface area contributed by atoms with Crippen LogP contribution in [0, 0.1) is 0 Å². The molecule has 6 heteroatoms. The van der Waals surface area contributed by atoms with Gasteiger partial charge in [-0.1, -0.05) is 12.8 Å². The van der Waals surface area contributed by atoms with E-state index in [-0.39, 0.29) is 5.69 Å². The monoisotopic (exact) mass is 335 g/mol. The Hall–Kier alpha value is -1.40. The number of fused-ring (bicyclic) bond motifs is 1. The number of carbonyl (C=O) groups is 1. The first-order chi connectivity index (χ1) is 11.4. The van der Waals surface area contributed by atoms with Crippen molar-refractivity contribution in [2.75, 3.05) is 13.6 Å². The summed E-state index contributed by atoms with van der Waals surface area (Å²) in [6, 6.07) is 0.329. The summed E-state index contributed by atoms with van der Waals surface area (Å²) >= 11 is 0. The summed E-state index contributed by atoms with van der Waals surface area (Å²) in [6.45, 7) is 3.57. The van der Waals surface area contributed by atoms with Crippen LogP contribution in [0.25, 0.3) is 0 Å². The van der Waals surface area contributed by atoms with Crippen LogP contribution in [0.15, 0.2) is 0 Å². The van der Waals surface area contributed by atoms with Crippen molar-refractivity contribution in [2.45, 2.75) is 76.5 Å². The first kappa shape index (κ1) is 17.4. The van der Waals surface area contributed by atoms with Crippen LogP contribution in [0.5, 0.6) is 0 Å². The molecule has 3 rings (SSSR count). The highest BCUT2D eigenvalue weighted by molar-refractivity contribution is 5.87. The Labute approximate surface area is 143 Å². The largest absolute Gasteiger partial charge is 0.476 e. The van der Waals surface area contributed by atoms with E-state index in [2.05, 4.69) is 17.0 Å². The molecule has 2 aliphatic rings. The lowest BCUT2D eigenvalue weighted by Gasteiger charge is -2.33. The zero-order valence-electron chi connectivity index (χ0n) is 14.8. The van der Waals surface area contributed by atoms with Crippen LogP contribution in [0.3, 0.4) is 0 Å². The van der Waals surface area contributed by atoms with Crippen molar-refractivity contribution in [2.24, 2.45) is 0 Å². The molecular weight excluding hydrogens is 306 g/mol. The first-order valence-corrected chi connectivity index (χ1v) is 9.18. The maximum absolute atomic E-state index is 11.5. The summed E-state index contributed by atoms with van der Waals surface area (Å²) in [5, 5.41) is 24.2. The van der Waals surface area contributed by atoms with Crippen molar-refractivity contribution in [1.29, 1.82) is 0 Å². The number of aryl methyl sites for hydroxylation is 1. The van der Waals surface area contributed by atoms with E-state index >= 15 is 0 Å². The average Bonchev–Trinajstić information content (AvgIpc) is 3.16. The standard InChI is InChI=1S/C18H29N3O3/c1-3-21-15-7-6-13(12-14(15)16(19-21)17(22)23)20(2)11-10-18(24)8-4-5-9-18/h13,24H,3-12H2,1-2H3,(H,22,23). The lowest BCUT2D eigenvalue weighted by Crippen LogP contribution is -2.40. The minimum Gasteiger partial charge on any atom is -0.476 e. The fraction of sp³-hybridized carbons (Fsp3) is 0.778. The van der Waals surface area contributed by atoms with Gasteiger partial charge in [-0.25, -0.2) is 4.79 Å². The molecule has 2 N–H and O–H groups in total. The van der Waals surface area contributed by atoms with E-state index in [0.717, 1.165) is 69.2 Å². The van der Waals surface area contributed by atoms with Gasteiger partial charge >= 0.3 is 5.97 Å². The number of rotatable bonds is 6. The van der Waals surface area contributed by atoms with Crippen LogP contribution in [-0.2, 0) is 19.4 Å². The van der Waals surface area contributed by atoms with Crippen molar-refractivity contribution < 1.29 is 15.0 Å². The highest BCUT2D eigenvalue weighted by atomic mass is 16.4. The number of aliphatic hydroxyl groups is 1. The molecule has 2 aliphatic carbocycles. The number of likely N-dealkylation sites (N-methyl/N-ethyl adjacent to an activating group) is 1. The number of nitrogens with zero attached hydrogens (tertiary/aromatic N) is 3. The third-order valence-electron chi connectivity index (χ3n) is 5.91. The van der Waals surface area contributed by atoms with Gasteiger partial charge in [0.25, 0.3) is 0 Å². The van der Waals surface area contributed by atoms with E-state index in [1.165, 1.54) is 0 Å². The molecular formula is C18H29N3O3. The van der Waals surface area contributed by atoms with Crippen LogP contribution in [0.1, 0.15) is 67.2 Å². The van der Waals surface area contributed by atoms with Gasteiger partial charge in [0.05, 0.1) is 5.60 Å². The Bertz CT molecular complexity index is 605. The third kappa shape index (κ3) is 3.35. The van der Waals surface area contributed by atoms with Crippen LogP contribution in [0.2, 0.25) is 0 Å². The lowest BCUT2D eigenvalue weighted by atomic mass is 9.89. The fourth-order valence-electron chi connectivity index (χ4n) is 4.33. The summed E-state index contributed by atoms with van der Waals surface area (Å²) in [4.78, 5) is 13.8. The highest BCUT2D eigenvalue weighted by Gasteiger charge is 2.33. The van der Waals surface area contributed by atoms with Crippen molar-refractivity contribution in [3.05, 3.63) is 17.0 Å². The van der Waals surface area contributed by atoms with E-state index in [9.17, 15) is 15.0 Å². The van der Waals surface area contributed by atoms with Gasteiger partial charge < -0.3 is 15.1 Å². The molecule has 0 aliphatic heterocycles. The van der Waals surface area contributed by atoms with Crippen molar-refractivity contribution in [1.82, 2.24) is 14.7 Å². The second-order valence-corrected chi connectivity index (χ2v) is 7.45. The summed E-state index contributed by atoms with van der Waals surface area (Å²) in [5.74, 6) is -0.929. The molecule has 0 radical (unpaired) electrons. The van der Waals surface area contributed by atoms with Crippen LogP contribution in [-0.4, -0.2) is 56.1 Å². The minimum absolute atomic E-state index is 0.222. The molecule has 1 aromatic heterocycles. The van der Waals surface area contributed by atoms with Gasteiger partial charge in [-0.05, 0) is 52.5 Å². The van der Waals surface area contributed by atoms with E-state index in [1.54, 1.807) is 0 Å². The zero-order valence-corrected chi connectivity index (χ0v) is 14.8.